The van der Waals surface area contributed by atoms with Crippen LogP contribution < -0.4 is 25.8 Å². The van der Waals surface area contributed by atoms with E-state index in [4.69, 9.17) is 24.9 Å². The molecular weight excluding hydrogens is 734 g/mol. The third-order valence-electron chi connectivity index (χ3n) is 9.09. The lowest BCUT2D eigenvalue weighted by molar-refractivity contribution is 0.0994. The lowest BCUT2D eigenvalue weighted by atomic mass is 10.1. The number of anilines is 2. The maximum Gasteiger partial charge on any atom is 0.276 e. The molecule has 18 nitrogen and oxygen atoms in total. The number of benzene rings is 2. The molecular formula is C39H45N11O7. The molecule has 57 heavy (non-hydrogen) atoms. The quantitative estimate of drug-likeness (QED) is 0.0625. The van der Waals surface area contributed by atoms with Crippen LogP contribution in [0.25, 0.3) is 22.1 Å². The zero-order valence-corrected chi connectivity index (χ0v) is 32.7. The van der Waals surface area contributed by atoms with Crippen molar-refractivity contribution in [3.8, 4) is 11.5 Å². The van der Waals surface area contributed by atoms with E-state index in [1.54, 1.807) is 56.8 Å². The number of nitrogens with zero attached hydrogens (tertiary/aromatic N) is 8. The summed E-state index contributed by atoms with van der Waals surface area (Å²) in [4.78, 5) is 60.8. The van der Waals surface area contributed by atoms with Crippen LogP contribution in [-0.2, 0) is 30.9 Å². The van der Waals surface area contributed by atoms with E-state index >= 15 is 0 Å². The van der Waals surface area contributed by atoms with Crippen LogP contribution in [-0.4, -0.2) is 90.1 Å². The van der Waals surface area contributed by atoms with Gasteiger partial charge in [0.25, 0.3) is 11.8 Å². The lowest BCUT2D eigenvalue weighted by Gasteiger charge is -2.13. The molecule has 6 aromatic rings. The summed E-state index contributed by atoms with van der Waals surface area (Å²) in [5.41, 5.74) is 10.1. The van der Waals surface area contributed by atoms with Crippen molar-refractivity contribution in [2.75, 3.05) is 38.1 Å². The number of hydrogen-bond acceptors (Lipinski definition) is 11. The van der Waals surface area contributed by atoms with Crippen LogP contribution in [0.15, 0.2) is 48.6 Å². The minimum absolute atomic E-state index is 0.184. The van der Waals surface area contributed by atoms with Crippen molar-refractivity contribution in [3.63, 3.8) is 0 Å². The number of fused-ring (bicyclic) bond motifs is 2. The Labute approximate surface area is 327 Å². The van der Waals surface area contributed by atoms with Crippen LogP contribution >= 0.6 is 0 Å². The highest BCUT2D eigenvalue weighted by molar-refractivity contribution is 6.05. The summed E-state index contributed by atoms with van der Waals surface area (Å²) < 4.78 is 23.8. The van der Waals surface area contributed by atoms with Crippen molar-refractivity contribution < 1.29 is 33.4 Å². The third kappa shape index (κ3) is 8.40. The molecule has 0 atom stereocenters. The zero-order valence-electron chi connectivity index (χ0n) is 32.7. The Balaban J connectivity index is 1.40. The molecule has 0 unspecified atom stereocenters. The first-order valence-electron chi connectivity index (χ1n) is 18.4. The molecule has 0 saturated heterocycles. The first kappa shape index (κ1) is 39.9. The molecule has 4 N–H and O–H groups in total. The van der Waals surface area contributed by atoms with Gasteiger partial charge < -0.3 is 29.1 Å². The van der Waals surface area contributed by atoms with Crippen LogP contribution in [0.3, 0.4) is 0 Å². The van der Waals surface area contributed by atoms with Gasteiger partial charge in [0.15, 0.2) is 0 Å². The summed E-state index contributed by atoms with van der Waals surface area (Å²) in [6, 6.07) is 9.71. The number of methoxy groups -OCH3 is 2. The standard InChI is InChI=1S/C39H45N11O7/c1-7-49-29(16-23(3)45-49)36(53)43-38-41-27-18-25(22-51)19-32(57-15-11-14-55-5)34(27)48(38)13-10-9-12-47-33-28(20-26(35(40)52)21-31(33)56-6)42-39(47)44-37(54)30-17-24(4)46-50(30)8-2/h9-10,16-22H,7-8,11-15H2,1-6H3,(H2,40,52)(H,41,43,53)(H,42,44,54)/b10-9+. The van der Waals surface area contributed by atoms with Gasteiger partial charge in [0, 0.05) is 57.4 Å². The molecule has 4 heterocycles. The van der Waals surface area contributed by atoms with Crippen molar-refractivity contribution in [2.45, 2.75) is 60.3 Å². The number of carbonyl (C=O) groups excluding carboxylic acids is 4. The number of allylic oxidation sites excluding steroid dienone is 2. The highest BCUT2D eigenvalue weighted by atomic mass is 16.5. The zero-order chi connectivity index (χ0) is 40.8. The normalized spacial score (nSPS) is 11.5. The molecule has 0 bridgehead atoms. The van der Waals surface area contributed by atoms with Gasteiger partial charge in [0.05, 0.1) is 36.1 Å². The average molecular weight is 780 g/mol. The largest absolute Gasteiger partial charge is 0.494 e. The van der Waals surface area contributed by atoms with E-state index in [1.807, 2.05) is 32.9 Å². The fourth-order valence-electron chi connectivity index (χ4n) is 6.52. The summed E-state index contributed by atoms with van der Waals surface area (Å²) >= 11 is 0. The van der Waals surface area contributed by atoms with E-state index in [1.165, 1.54) is 19.2 Å². The number of aromatic nitrogens is 8. The van der Waals surface area contributed by atoms with E-state index in [2.05, 4.69) is 25.8 Å². The SMILES string of the molecule is CCn1nc(C)cc1C(=O)Nc1nc2cc(C(N)=O)cc(OC)c2n1C/C=C/Cn1c(NC(=O)c2cc(C)nn2CC)nc2cc(C=O)cc(OCCCOC)c21. The second kappa shape index (κ2) is 17.3. The maximum atomic E-state index is 13.7. The molecule has 0 aliphatic rings. The molecule has 3 amide bonds. The van der Waals surface area contributed by atoms with Crippen molar-refractivity contribution >= 4 is 58.0 Å². The second-order valence-electron chi connectivity index (χ2n) is 13.1. The van der Waals surface area contributed by atoms with E-state index in [-0.39, 0.29) is 30.5 Å². The Morgan fingerprint density at radius 3 is 1.79 bits per heavy atom. The number of primary amides is 1. The van der Waals surface area contributed by atoms with Gasteiger partial charge in [-0.3, -0.25) is 39.2 Å². The lowest BCUT2D eigenvalue weighted by Crippen LogP contribution is -2.20. The Morgan fingerprint density at radius 2 is 1.30 bits per heavy atom. The van der Waals surface area contributed by atoms with Gasteiger partial charge >= 0.3 is 0 Å². The molecule has 298 valence electrons. The third-order valence-corrected chi connectivity index (χ3v) is 9.09. The van der Waals surface area contributed by atoms with Crippen LogP contribution in [0.2, 0.25) is 0 Å². The Morgan fingerprint density at radius 1 is 0.754 bits per heavy atom. The number of hydrogen-bond donors (Lipinski definition) is 3. The molecule has 0 saturated carbocycles. The number of nitrogens with two attached hydrogens (primary N) is 1. The van der Waals surface area contributed by atoms with Gasteiger partial charge in [-0.25, -0.2) is 9.97 Å². The summed E-state index contributed by atoms with van der Waals surface area (Å²) in [5.74, 6) is -0.361. The number of ether oxygens (including phenoxy) is 3. The Hall–Kier alpha value is -6.82. The average Bonchev–Trinajstić information content (AvgIpc) is 3.96. The van der Waals surface area contributed by atoms with Crippen molar-refractivity contribution in [2.24, 2.45) is 5.73 Å². The second-order valence-corrected chi connectivity index (χ2v) is 13.1. The minimum atomic E-state index is -0.662. The number of aryl methyl sites for hydroxylation is 4. The summed E-state index contributed by atoms with van der Waals surface area (Å²) in [6.07, 6.45) is 5.02. The first-order chi connectivity index (χ1) is 27.5. The van der Waals surface area contributed by atoms with Crippen LogP contribution in [0, 0.1) is 13.8 Å². The molecule has 6 rings (SSSR count). The number of imidazole rings is 2. The van der Waals surface area contributed by atoms with E-state index in [0.29, 0.717) is 101 Å². The molecule has 2 aromatic carbocycles. The predicted molar refractivity (Wildman–Crippen MR) is 212 cm³/mol. The molecule has 0 radical (unpaired) electrons. The highest BCUT2D eigenvalue weighted by Gasteiger charge is 2.23. The fourth-order valence-corrected chi connectivity index (χ4v) is 6.52. The molecule has 0 aliphatic heterocycles. The van der Waals surface area contributed by atoms with Gasteiger partial charge in [-0.2, -0.15) is 10.2 Å². The van der Waals surface area contributed by atoms with E-state index in [0.717, 1.165) is 0 Å². The molecule has 18 heteroatoms. The summed E-state index contributed by atoms with van der Waals surface area (Å²) in [6.45, 7) is 9.53. The Kier molecular flexibility index (Phi) is 12.1. The summed E-state index contributed by atoms with van der Waals surface area (Å²) in [5, 5.41) is 14.6. The van der Waals surface area contributed by atoms with Crippen LogP contribution in [0.5, 0.6) is 11.5 Å². The Bertz CT molecular complexity index is 2510. The number of rotatable bonds is 18. The fraction of sp³-hybridized carbons (Fsp3) is 0.333. The molecule has 0 fully saturated rings. The first-order valence-corrected chi connectivity index (χ1v) is 18.4. The van der Waals surface area contributed by atoms with Crippen LogP contribution in [0.1, 0.15) is 73.3 Å². The topological polar surface area (TPSA) is 217 Å². The van der Waals surface area contributed by atoms with E-state index in [9.17, 15) is 19.2 Å². The van der Waals surface area contributed by atoms with Crippen molar-refractivity contribution in [3.05, 3.63) is 82.5 Å². The van der Waals surface area contributed by atoms with E-state index < -0.39 is 17.7 Å². The van der Waals surface area contributed by atoms with Crippen LogP contribution in [0.4, 0.5) is 11.9 Å². The monoisotopic (exact) mass is 779 g/mol. The van der Waals surface area contributed by atoms with Gasteiger partial charge in [-0.1, -0.05) is 12.2 Å². The number of nitrogens with one attached hydrogen (secondary N) is 2. The molecule has 0 spiro atoms. The molecule has 0 aliphatic carbocycles. The number of amides is 3. The number of carbonyl (C=O) groups is 4. The highest BCUT2D eigenvalue weighted by Crippen LogP contribution is 2.33. The van der Waals surface area contributed by atoms with Gasteiger partial charge in [0.2, 0.25) is 17.8 Å². The summed E-state index contributed by atoms with van der Waals surface area (Å²) in [7, 11) is 3.07. The van der Waals surface area contributed by atoms with Gasteiger partial charge in [-0.15, -0.1) is 0 Å². The smallest absolute Gasteiger partial charge is 0.276 e. The van der Waals surface area contributed by atoms with Gasteiger partial charge in [-0.05, 0) is 64.1 Å². The molecule has 4 aromatic heterocycles. The van der Waals surface area contributed by atoms with Crippen molar-refractivity contribution in [1.29, 1.82) is 0 Å². The maximum absolute atomic E-state index is 13.7. The number of aldehydes is 1. The van der Waals surface area contributed by atoms with Crippen molar-refractivity contribution in [1.82, 2.24) is 38.7 Å². The van der Waals surface area contributed by atoms with Gasteiger partial charge in [0.1, 0.15) is 40.2 Å². The minimum Gasteiger partial charge on any atom is -0.494 e. The predicted octanol–water partition coefficient (Wildman–Crippen LogP) is 4.53.